The first-order chi connectivity index (χ1) is 10.0. The molecule has 0 aliphatic rings. The largest absolute Gasteiger partial charge is 0.383 e. The molecule has 0 aliphatic carbocycles. The maximum absolute atomic E-state index is 11.9. The standard InChI is InChI=1S/C15H26N2O3S/c1-4-10-16-14(12-20-3)11-13-6-8-15(9-7-13)21(18,19)17-5-2/h6-9,14,16-17H,4-5,10-12H2,1-3H3. The third-order valence-corrected chi connectivity index (χ3v) is 4.66. The molecule has 0 aliphatic heterocycles. The molecule has 1 aromatic carbocycles. The number of ether oxygens (including phenoxy) is 1. The molecule has 0 heterocycles. The number of nitrogens with one attached hydrogen (secondary N) is 2. The van der Waals surface area contributed by atoms with Crippen molar-refractivity contribution in [2.24, 2.45) is 0 Å². The lowest BCUT2D eigenvalue weighted by Gasteiger charge is -2.17. The first-order valence-electron chi connectivity index (χ1n) is 7.34. The van der Waals surface area contributed by atoms with Crippen molar-refractivity contribution < 1.29 is 13.2 Å². The zero-order chi connectivity index (χ0) is 15.7. The van der Waals surface area contributed by atoms with Gasteiger partial charge in [-0.05, 0) is 37.1 Å². The van der Waals surface area contributed by atoms with Crippen molar-refractivity contribution in [2.75, 3.05) is 26.8 Å². The van der Waals surface area contributed by atoms with E-state index in [-0.39, 0.29) is 6.04 Å². The van der Waals surface area contributed by atoms with E-state index in [1.807, 2.05) is 12.1 Å². The third-order valence-electron chi connectivity index (χ3n) is 3.10. The highest BCUT2D eigenvalue weighted by atomic mass is 32.2. The summed E-state index contributed by atoms with van der Waals surface area (Å²) in [6.07, 6.45) is 1.88. The summed E-state index contributed by atoms with van der Waals surface area (Å²) >= 11 is 0. The van der Waals surface area contributed by atoms with E-state index < -0.39 is 10.0 Å². The molecule has 1 atom stereocenters. The van der Waals surface area contributed by atoms with Gasteiger partial charge in [-0.3, -0.25) is 0 Å². The van der Waals surface area contributed by atoms with Crippen LogP contribution in [0.5, 0.6) is 0 Å². The van der Waals surface area contributed by atoms with Crippen LogP contribution in [0.4, 0.5) is 0 Å². The van der Waals surface area contributed by atoms with Crippen LogP contribution >= 0.6 is 0 Å². The highest BCUT2D eigenvalue weighted by Crippen LogP contribution is 2.12. The van der Waals surface area contributed by atoms with Gasteiger partial charge in [0.05, 0.1) is 11.5 Å². The Balaban J connectivity index is 2.72. The predicted molar refractivity (Wildman–Crippen MR) is 85.0 cm³/mol. The molecule has 1 rings (SSSR count). The summed E-state index contributed by atoms with van der Waals surface area (Å²) in [5.41, 5.74) is 1.09. The molecule has 120 valence electrons. The van der Waals surface area contributed by atoms with Gasteiger partial charge in [0.1, 0.15) is 0 Å². The Morgan fingerprint density at radius 2 is 1.86 bits per heavy atom. The Morgan fingerprint density at radius 3 is 2.38 bits per heavy atom. The minimum atomic E-state index is -3.37. The topological polar surface area (TPSA) is 67.4 Å². The van der Waals surface area contributed by atoms with E-state index in [2.05, 4.69) is 17.0 Å². The zero-order valence-electron chi connectivity index (χ0n) is 13.1. The van der Waals surface area contributed by atoms with Crippen molar-refractivity contribution in [1.29, 1.82) is 0 Å². The van der Waals surface area contributed by atoms with Crippen LogP contribution in [0.15, 0.2) is 29.2 Å². The molecule has 5 nitrogen and oxygen atoms in total. The lowest BCUT2D eigenvalue weighted by molar-refractivity contribution is 0.166. The van der Waals surface area contributed by atoms with E-state index in [0.717, 1.165) is 24.9 Å². The molecule has 0 bridgehead atoms. The van der Waals surface area contributed by atoms with Crippen LogP contribution in [-0.2, 0) is 21.2 Å². The molecule has 1 aromatic rings. The van der Waals surface area contributed by atoms with Crippen molar-refractivity contribution >= 4 is 10.0 Å². The average Bonchev–Trinajstić information content (AvgIpc) is 2.45. The molecule has 2 N–H and O–H groups in total. The summed E-state index contributed by atoms with van der Waals surface area (Å²) in [4.78, 5) is 0.304. The molecule has 0 saturated heterocycles. The number of rotatable bonds is 10. The Labute approximate surface area is 128 Å². The van der Waals surface area contributed by atoms with E-state index in [1.165, 1.54) is 0 Å². The van der Waals surface area contributed by atoms with Gasteiger partial charge in [0.25, 0.3) is 0 Å². The fourth-order valence-corrected chi connectivity index (χ4v) is 3.14. The molecule has 0 fully saturated rings. The molecule has 0 saturated carbocycles. The third kappa shape index (κ3) is 6.13. The molecule has 1 unspecified atom stereocenters. The number of hydrogen-bond acceptors (Lipinski definition) is 4. The Hall–Kier alpha value is -0.950. The molecule has 0 amide bonds. The lowest BCUT2D eigenvalue weighted by atomic mass is 10.1. The minimum Gasteiger partial charge on any atom is -0.383 e. The summed E-state index contributed by atoms with van der Waals surface area (Å²) in [5, 5.41) is 3.43. The van der Waals surface area contributed by atoms with E-state index in [1.54, 1.807) is 26.2 Å². The Morgan fingerprint density at radius 1 is 1.19 bits per heavy atom. The van der Waals surface area contributed by atoms with Crippen molar-refractivity contribution in [3.8, 4) is 0 Å². The number of sulfonamides is 1. The summed E-state index contributed by atoms with van der Waals surface area (Å²) in [6.45, 7) is 5.86. The van der Waals surface area contributed by atoms with E-state index >= 15 is 0 Å². The van der Waals surface area contributed by atoms with Crippen LogP contribution in [0.3, 0.4) is 0 Å². The maximum Gasteiger partial charge on any atom is 0.240 e. The van der Waals surface area contributed by atoms with E-state index in [4.69, 9.17) is 4.74 Å². The van der Waals surface area contributed by atoms with Crippen LogP contribution in [0.1, 0.15) is 25.8 Å². The van der Waals surface area contributed by atoms with Crippen molar-refractivity contribution in [2.45, 2.75) is 37.6 Å². The Kier molecular flexibility index (Phi) is 7.88. The first kappa shape index (κ1) is 18.1. The predicted octanol–water partition coefficient (Wildman–Crippen LogP) is 1.54. The smallest absolute Gasteiger partial charge is 0.240 e. The molecule has 21 heavy (non-hydrogen) atoms. The molecule has 0 spiro atoms. The van der Waals surface area contributed by atoms with E-state index in [0.29, 0.717) is 18.0 Å². The van der Waals surface area contributed by atoms with Gasteiger partial charge < -0.3 is 10.1 Å². The summed E-state index contributed by atoms with van der Waals surface area (Å²) in [5.74, 6) is 0. The van der Waals surface area contributed by atoms with Crippen LogP contribution in [0.25, 0.3) is 0 Å². The average molecular weight is 314 g/mol. The lowest BCUT2D eigenvalue weighted by Crippen LogP contribution is -2.35. The summed E-state index contributed by atoms with van der Waals surface area (Å²) in [7, 11) is -1.68. The molecular formula is C15H26N2O3S. The highest BCUT2D eigenvalue weighted by Gasteiger charge is 2.13. The second-order valence-electron chi connectivity index (χ2n) is 4.96. The van der Waals surface area contributed by atoms with Gasteiger partial charge in [-0.25, -0.2) is 13.1 Å². The highest BCUT2D eigenvalue weighted by molar-refractivity contribution is 7.89. The van der Waals surface area contributed by atoms with Crippen molar-refractivity contribution in [3.05, 3.63) is 29.8 Å². The van der Waals surface area contributed by atoms with Crippen LogP contribution in [0, 0.1) is 0 Å². The first-order valence-corrected chi connectivity index (χ1v) is 8.82. The molecule has 0 radical (unpaired) electrons. The quantitative estimate of drug-likeness (QED) is 0.687. The SMILES string of the molecule is CCCNC(COC)Cc1ccc(S(=O)(=O)NCC)cc1. The van der Waals surface area contributed by atoms with Gasteiger partial charge in [-0.15, -0.1) is 0 Å². The van der Waals surface area contributed by atoms with Crippen molar-refractivity contribution in [1.82, 2.24) is 10.0 Å². The zero-order valence-corrected chi connectivity index (χ0v) is 13.9. The summed E-state index contributed by atoms with van der Waals surface area (Å²) < 4.78 is 31.4. The normalized spacial score (nSPS) is 13.3. The van der Waals surface area contributed by atoms with Gasteiger partial charge in [0.15, 0.2) is 0 Å². The number of benzene rings is 1. The van der Waals surface area contributed by atoms with Gasteiger partial charge in [0, 0.05) is 19.7 Å². The Bertz CT molecular complexity index is 500. The van der Waals surface area contributed by atoms with Gasteiger partial charge >= 0.3 is 0 Å². The fraction of sp³-hybridized carbons (Fsp3) is 0.600. The number of hydrogen-bond donors (Lipinski definition) is 2. The maximum atomic E-state index is 11.9. The fourth-order valence-electron chi connectivity index (χ4n) is 2.10. The van der Waals surface area contributed by atoms with Crippen molar-refractivity contribution in [3.63, 3.8) is 0 Å². The van der Waals surface area contributed by atoms with Gasteiger partial charge in [-0.2, -0.15) is 0 Å². The van der Waals surface area contributed by atoms with E-state index in [9.17, 15) is 8.42 Å². The minimum absolute atomic E-state index is 0.242. The van der Waals surface area contributed by atoms with Gasteiger partial charge in [0.2, 0.25) is 10.0 Å². The molecule has 6 heteroatoms. The number of methoxy groups -OCH3 is 1. The molecule has 0 aromatic heterocycles. The van der Waals surface area contributed by atoms with Crippen LogP contribution < -0.4 is 10.0 Å². The second-order valence-corrected chi connectivity index (χ2v) is 6.72. The molecular weight excluding hydrogens is 288 g/mol. The summed E-state index contributed by atoms with van der Waals surface area (Å²) in [6, 6.07) is 7.26. The van der Waals surface area contributed by atoms with Crippen LogP contribution in [-0.4, -0.2) is 41.3 Å². The monoisotopic (exact) mass is 314 g/mol. The second kappa shape index (κ2) is 9.15. The van der Waals surface area contributed by atoms with Gasteiger partial charge in [-0.1, -0.05) is 26.0 Å². The van der Waals surface area contributed by atoms with Crippen LogP contribution in [0.2, 0.25) is 0 Å².